The average molecular weight is 263 g/mol. The first-order valence-corrected chi connectivity index (χ1v) is 7.11. The van der Waals surface area contributed by atoms with Gasteiger partial charge in [-0.3, -0.25) is 4.79 Å². The van der Waals surface area contributed by atoms with Gasteiger partial charge in [-0.15, -0.1) is 12.6 Å². The Morgan fingerprint density at radius 3 is 2.61 bits per heavy atom. The standard InChI is InChI=1S/C15H21NOS/c1-10-3-6-12(7-4-10)16-15(17)14-9-13(18)8-5-11(14)2/h5,8-10,12,18H,3-4,6-7H2,1-2H3,(H,16,17). The number of rotatable bonds is 2. The van der Waals surface area contributed by atoms with Crippen LogP contribution in [0.5, 0.6) is 0 Å². The van der Waals surface area contributed by atoms with Crippen molar-refractivity contribution in [3.8, 4) is 0 Å². The molecule has 0 spiro atoms. The Labute approximate surface area is 115 Å². The zero-order valence-corrected chi connectivity index (χ0v) is 12.0. The van der Waals surface area contributed by atoms with Crippen LogP contribution in [0.15, 0.2) is 23.1 Å². The van der Waals surface area contributed by atoms with Crippen LogP contribution in [0.4, 0.5) is 0 Å². The van der Waals surface area contributed by atoms with Crippen molar-refractivity contribution in [2.75, 3.05) is 0 Å². The summed E-state index contributed by atoms with van der Waals surface area (Å²) in [5.41, 5.74) is 1.76. The smallest absolute Gasteiger partial charge is 0.251 e. The van der Waals surface area contributed by atoms with Crippen molar-refractivity contribution in [1.82, 2.24) is 5.32 Å². The van der Waals surface area contributed by atoms with Gasteiger partial charge in [-0.25, -0.2) is 0 Å². The largest absolute Gasteiger partial charge is 0.349 e. The first-order chi connectivity index (χ1) is 8.56. The summed E-state index contributed by atoms with van der Waals surface area (Å²) in [5, 5.41) is 3.15. The maximum absolute atomic E-state index is 12.2. The predicted molar refractivity (Wildman–Crippen MR) is 77.3 cm³/mol. The summed E-state index contributed by atoms with van der Waals surface area (Å²) in [5.74, 6) is 0.851. The van der Waals surface area contributed by atoms with Gasteiger partial charge >= 0.3 is 0 Å². The number of benzene rings is 1. The van der Waals surface area contributed by atoms with Crippen LogP contribution in [0.3, 0.4) is 0 Å². The molecule has 3 heteroatoms. The van der Waals surface area contributed by atoms with Crippen molar-refractivity contribution in [3.63, 3.8) is 0 Å². The van der Waals surface area contributed by atoms with Crippen LogP contribution in [0.1, 0.15) is 48.5 Å². The minimum Gasteiger partial charge on any atom is -0.349 e. The number of carbonyl (C=O) groups excluding carboxylic acids is 1. The van der Waals surface area contributed by atoms with Gasteiger partial charge in [-0.05, 0) is 56.2 Å². The van der Waals surface area contributed by atoms with E-state index >= 15 is 0 Å². The van der Waals surface area contributed by atoms with Gasteiger partial charge in [-0.2, -0.15) is 0 Å². The molecular weight excluding hydrogens is 242 g/mol. The summed E-state index contributed by atoms with van der Waals surface area (Å²) in [4.78, 5) is 13.1. The molecule has 1 amide bonds. The molecule has 1 aromatic rings. The zero-order valence-electron chi connectivity index (χ0n) is 11.1. The fraction of sp³-hybridized carbons (Fsp3) is 0.533. The summed E-state index contributed by atoms with van der Waals surface area (Å²) >= 11 is 4.29. The molecule has 2 rings (SSSR count). The molecule has 0 aromatic heterocycles. The number of amides is 1. The molecular formula is C15H21NOS. The number of nitrogens with one attached hydrogen (secondary N) is 1. The van der Waals surface area contributed by atoms with Gasteiger partial charge in [0.1, 0.15) is 0 Å². The first kappa shape index (κ1) is 13.5. The van der Waals surface area contributed by atoms with E-state index in [0.29, 0.717) is 6.04 Å². The van der Waals surface area contributed by atoms with E-state index in [-0.39, 0.29) is 5.91 Å². The van der Waals surface area contributed by atoms with Crippen molar-refractivity contribution < 1.29 is 4.79 Å². The predicted octanol–water partition coefficient (Wildman–Crippen LogP) is 3.59. The summed E-state index contributed by atoms with van der Waals surface area (Å²) in [6.45, 7) is 4.25. The van der Waals surface area contributed by atoms with Crippen molar-refractivity contribution in [2.45, 2.75) is 50.5 Å². The average Bonchev–Trinajstić information content (AvgIpc) is 2.35. The third-order valence-electron chi connectivity index (χ3n) is 3.82. The topological polar surface area (TPSA) is 29.1 Å². The minimum absolute atomic E-state index is 0.0444. The number of thiol groups is 1. The van der Waals surface area contributed by atoms with Crippen molar-refractivity contribution in [3.05, 3.63) is 29.3 Å². The summed E-state index contributed by atoms with van der Waals surface area (Å²) in [6, 6.07) is 6.05. The van der Waals surface area contributed by atoms with Gasteiger partial charge < -0.3 is 5.32 Å². The van der Waals surface area contributed by atoms with Crippen LogP contribution in [0, 0.1) is 12.8 Å². The van der Waals surface area contributed by atoms with Crippen LogP contribution >= 0.6 is 12.6 Å². The molecule has 1 aromatic carbocycles. The molecule has 1 saturated carbocycles. The highest BCUT2D eigenvalue weighted by Crippen LogP contribution is 2.24. The molecule has 0 aliphatic heterocycles. The van der Waals surface area contributed by atoms with Gasteiger partial charge in [0, 0.05) is 16.5 Å². The minimum atomic E-state index is 0.0444. The summed E-state index contributed by atoms with van der Waals surface area (Å²) < 4.78 is 0. The monoisotopic (exact) mass is 263 g/mol. The Bertz CT molecular complexity index is 436. The Morgan fingerprint density at radius 1 is 1.28 bits per heavy atom. The van der Waals surface area contributed by atoms with Gasteiger partial charge in [0.05, 0.1) is 0 Å². The fourth-order valence-electron chi connectivity index (χ4n) is 2.52. The van der Waals surface area contributed by atoms with E-state index in [1.54, 1.807) is 0 Å². The van der Waals surface area contributed by atoms with E-state index in [9.17, 15) is 4.79 Å². The molecule has 1 fully saturated rings. The second-order valence-corrected chi connectivity index (χ2v) is 5.95. The van der Waals surface area contributed by atoms with E-state index in [2.05, 4.69) is 24.9 Å². The Kier molecular flexibility index (Phi) is 4.33. The van der Waals surface area contributed by atoms with Crippen molar-refractivity contribution >= 4 is 18.5 Å². The Hall–Kier alpha value is -0.960. The normalized spacial score (nSPS) is 23.7. The van der Waals surface area contributed by atoms with Crippen LogP contribution in [0.25, 0.3) is 0 Å². The molecule has 1 aliphatic carbocycles. The second kappa shape index (κ2) is 5.79. The van der Waals surface area contributed by atoms with E-state index in [4.69, 9.17) is 0 Å². The third-order valence-corrected chi connectivity index (χ3v) is 4.10. The molecule has 0 unspecified atom stereocenters. The lowest BCUT2D eigenvalue weighted by atomic mass is 9.87. The molecule has 0 saturated heterocycles. The molecule has 0 heterocycles. The zero-order chi connectivity index (χ0) is 13.1. The molecule has 98 valence electrons. The van der Waals surface area contributed by atoms with Gasteiger partial charge in [0.2, 0.25) is 0 Å². The first-order valence-electron chi connectivity index (χ1n) is 6.66. The van der Waals surface area contributed by atoms with Crippen LogP contribution in [-0.2, 0) is 0 Å². The SMILES string of the molecule is Cc1ccc(S)cc1C(=O)NC1CCC(C)CC1. The molecule has 18 heavy (non-hydrogen) atoms. The van der Waals surface area contributed by atoms with Crippen molar-refractivity contribution in [2.24, 2.45) is 5.92 Å². The second-order valence-electron chi connectivity index (χ2n) is 5.43. The Balaban J connectivity index is 2.01. The highest BCUT2D eigenvalue weighted by molar-refractivity contribution is 7.80. The van der Waals surface area contributed by atoms with Crippen LogP contribution in [0.2, 0.25) is 0 Å². The number of hydrogen-bond acceptors (Lipinski definition) is 2. The quantitative estimate of drug-likeness (QED) is 0.784. The highest BCUT2D eigenvalue weighted by Gasteiger charge is 2.20. The third kappa shape index (κ3) is 3.29. The molecule has 1 aliphatic rings. The van der Waals surface area contributed by atoms with Crippen molar-refractivity contribution in [1.29, 1.82) is 0 Å². The van der Waals surface area contributed by atoms with Gasteiger partial charge in [0.15, 0.2) is 0 Å². The maximum atomic E-state index is 12.2. The number of aryl methyl sites for hydroxylation is 1. The number of hydrogen-bond donors (Lipinski definition) is 2. The van der Waals surface area contributed by atoms with Gasteiger partial charge in [-0.1, -0.05) is 13.0 Å². The fourth-order valence-corrected chi connectivity index (χ4v) is 2.73. The van der Waals surface area contributed by atoms with Gasteiger partial charge in [0.25, 0.3) is 5.91 Å². The molecule has 0 radical (unpaired) electrons. The lowest BCUT2D eigenvalue weighted by Gasteiger charge is -2.27. The summed E-state index contributed by atoms with van der Waals surface area (Å²) in [6.07, 6.45) is 4.64. The van der Waals surface area contributed by atoms with Crippen LogP contribution in [-0.4, -0.2) is 11.9 Å². The van der Waals surface area contributed by atoms with E-state index in [1.807, 2.05) is 25.1 Å². The maximum Gasteiger partial charge on any atom is 0.251 e. The summed E-state index contributed by atoms with van der Waals surface area (Å²) in [7, 11) is 0. The van der Waals surface area contributed by atoms with E-state index in [0.717, 1.165) is 34.8 Å². The highest BCUT2D eigenvalue weighted by atomic mass is 32.1. The molecule has 0 atom stereocenters. The van der Waals surface area contributed by atoms with E-state index < -0.39 is 0 Å². The Morgan fingerprint density at radius 2 is 1.94 bits per heavy atom. The molecule has 0 bridgehead atoms. The molecule has 2 nitrogen and oxygen atoms in total. The lowest BCUT2D eigenvalue weighted by molar-refractivity contribution is 0.0922. The molecule has 1 N–H and O–H groups in total. The lowest BCUT2D eigenvalue weighted by Crippen LogP contribution is -2.37. The number of carbonyl (C=O) groups is 1. The van der Waals surface area contributed by atoms with E-state index in [1.165, 1.54) is 12.8 Å². The van der Waals surface area contributed by atoms with Crippen LogP contribution < -0.4 is 5.32 Å².